The molecule has 1 heterocycles. The number of rotatable bonds is 9. The van der Waals surface area contributed by atoms with Crippen molar-refractivity contribution < 1.29 is 28.6 Å². The van der Waals surface area contributed by atoms with Gasteiger partial charge in [0, 0.05) is 0 Å². The first-order chi connectivity index (χ1) is 19.1. The third-order valence-electron chi connectivity index (χ3n) is 6.27. The molecule has 0 radical (unpaired) electrons. The quantitative estimate of drug-likeness (QED) is 0.138. The molecule has 9 heteroatoms. The molecule has 2 amide bonds. The second-order valence-corrected chi connectivity index (χ2v) is 11.5. The fraction of sp³-hybridized carbons (Fsp3) is 0.258. The number of hydrogen-bond acceptors (Lipinski definition) is 7. The average Bonchev–Trinajstić information content (AvgIpc) is 3.17. The second kappa shape index (κ2) is 12.7. The van der Waals surface area contributed by atoms with E-state index >= 15 is 0 Å². The van der Waals surface area contributed by atoms with E-state index in [1.54, 1.807) is 30.3 Å². The molecule has 0 N–H and O–H groups in total. The standard InChI is InChI=1S/C31H30BrNO6S/c1-18(2)23-11-8-20(4)14-25(23)38-13-12-33-29(34)27(40-31(33)36)17-21-15-24(32)28(26(16-21)37-5)39-30(35)22-9-6-19(3)7-10-22/h6-11,14-18H,12-13H2,1-5H3/b27-17-. The van der Waals surface area contributed by atoms with Crippen LogP contribution in [0.3, 0.4) is 0 Å². The third kappa shape index (κ3) is 6.77. The normalized spacial score (nSPS) is 14.3. The molecule has 1 fully saturated rings. The number of benzene rings is 3. The third-order valence-corrected chi connectivity index (χ3v) is 7.77. The minimum atomic E-state index is -0.527. The van der Waals surface area contributed by atoms with Gasteiger partial charge in [0.2, 0.25) is 0 Å². The fourth-order valence-corrected chi connectivity index (χ4v) is 5.50. The van der Waals surface area contributed by atoms with Crippen molar-refractivity contribution in [3.63, 3.8) is 0 Å². The lowest BCUT2D eigenvalue weighted by molar-refractivity contribution is -0.123. The van der Waals surface area contributed by atoms with Gasteiger partial charge in [0.05, 0.1) is 28.6 Å². The van der Waals surface area contributed by atoms with E-state index in [1.807, 2.05) is 44.2 Å². The Morgan fingerprint density at radius 3 is 2.38 bits per heavy atom. The molecule has 4 rings (SSSR count). The van der Waals surface area contributed by atoms with E-state index < -0.39 is 11.9 Å². The lowest BCUT2D eigenvalue weighted by Crippen LogP contribution is -2.32. The Balaban J connectivity index is 1.47. The van der Waals surface area contributed by atoms with Crippen molar-refractivity contribution in [1.82, 2.24) is 4.90 Å². The number of aryl methyl sites for hydroxylation is 2. The summed E-state index contributed by atoms with van der Waals surface area (Å²) < 4.78 is 17.5. The highest BCUT2D eigenvalue weighted by Crippen LogP contribution is 2.39. The number of carbonyl (C=O) groups is 3. The molecule has 208 valence electrons. The summed E-state index contributed by atoms with van der Waals surface area (Å²) in [6.45, 7) is 8.43. The first-order valence-corrected chi connectivity index (χ1v) is 14.3. The number of halogens is 1. The number of hydrogen-bond donors (Lipinski definition) is 0. The number of carbonyl (C=O) groups excluding carboxylic acids is 3. The van der Waals surface area contributed by atoms with Crippen molar-refractivity contribution >= 4 is 50.9 Å². The molecule has 0 bridgehead atoms. The maximum Gasteiger partial charge on any atom is 0.343 e. The Morgan fingerprint density at radius 1 is 1.00 bits per heavy atom. The number of ether oxygens (including phenoxy) is 3. The van der Waals surface area contributed by atoms with Crippen molar-refractivity contribution in [2.75, 3.05) is 20.3 Å². The van der Waals surface area contributed by atoms with E-state index in [2.05, 4.69) is 29.8 Å². The highest BCUT2D eigenvalue weighted by molar-refractivity contribution is 9.10. The van der Waals surface area contributed by atoms with Crippen molar-refractivity contribution in [2.24, 2.45) is 0 Å². The summed E-state index contributed by atoms with van der Waals surface area (Å²) in [5.41, 5.74) is 4.19. The topological polar surface area (TPSA) is 82.1 Å². The van der Waals surface area contributed by atoms with Crippen LogP contribution in [0.4, 0.5) is 4.79 Å². The van der Waals surface area contributed by atoms with Crippen LogP contribution in [0.1, 0.15) is 52.4 Å². The van der Waals surface area contributed by atoms with Crippen LogP contribution in [0.25, 0.3) is 6.08 Å². The average molecular weight is 625 g/mol. The number of methoxy groups -OCH3 is 1. The van der Waals surface area contributed by atoms with Gasteiger partial charge in [-0.3, -0.25) is 14.5 Å². The number of amides is 2. The number of imide groups is 1. The highest BCUT2D eigenvalue weighted by atomic mass is 79.9. The predicted octanol–water partition coefficient (Wildman–Crippen LogP) is 7.53. The molecule has 0 atom stereocenters. The van der Waals surface area contributed by atoms with Gasteiger partial charge in [-0.05, 0) is 101 Å². The minimum Gasteiger partial charge on any atom is -0.493 e. The van der Waals surface area contributed by atoms with Crippen LogP contribution in [-0.4, -0.2) is 42.3 Å². The zero-order valence-corrected chi connectivity index (χ0v) is 25.4. The van der Waals surface area contributed by atoms with Crippen molar-refractivity contribution in [3.8, 4) is 17.2 Å². The molecule has 0 aliphatic carbocycles. The van der Waals surface area contributed by atoms with E-state index in [4.69, 9.17) is 14.2 Å². The van der Waals surface area contributed by atoms with Crippen LogP contribution in [0, 0.1) is 13.8 Å². The van der Waals surface area contributed by atoms with Crippen LogP contribution in [0.5, 0.6) is 17.2 Å². The Kier molecular flexibility index (Phi) is 9.37. The maximum absolute atomic E-state index is 13.1. The highest BCUT2D eigenvalue weighted by Gasteiger charge is 2.35. The van der Waals surface area contributed by atoms with Crippen molar-refractivity contribution in [2.45, 2.75) is 33.6 Å². The number of thioether (sulfide) groups is 1. The van der Waals surface area contributed by atoms with Gasteiger partial charge in [0.15, 0.2) is 11.5 Å². The van der Waals surface area contributed by atoms with Gasteiger partial charge in [0.1, 0.15) is 12.4 Å². The van der Waals surface area contributed by atoms with Gasteiger partial charge in [-0.25, -0.2) is 4.79 Å². The lowest BCUT2D eigenvalue weighted by atomic mass is 10.0. The summed E-state index contributed by atoms with van der Waals surface area (Å²) in [5, 5.41) is -0.358. The summed E-state index contributed by atoms with van der Waals surface area (Å²) in [6.07, 6.45) is 1.61. The molecule has 0 aromatic heterocycles. The van der Waals surface area contributed by atoms with Gasteiger partial charge < -0.3 is 14.2 Å². The second-order valence-electron chi connectivity index (χ2n) is 9.67. The predicted molar refractivity (Wildman–Crippen MR) is 160 cm³/mol. The molecule has 1 aliphatic heterocycles. The largest absolute Gasteiger partial charge is 0.493 e. The minimum absolute atomic E-state index is 0.133. The van der Waals surface area contributed by atoms with Gasteiger partial charge >= 0.3 is 5.97 Å². The summed E-state index contributed by atoms with van der Waals surface area (Å²) in [4.78, 5) is 39.9. The first kappa shape index (κ1) is 29.4. The Morgan fingerprint density at radius 2 is 1.70 bits per heavy atom. The molecule has 7 nitrogen and oxygen atoms in total. The van der Waals surface area contributed by atoms with Crippen molar-refractivity contribution in [3.05, 3.63) is 91.8 Å². The summed E-state index contributed by atoms with van der Waals surface area (Å²) in [6, 6.07) is 16.4. The van der Waals surface area contributed by atoms with Crippen LogP contribution in [-0.2, 0) is 4.79 Å². The molecular formula is C31H30BrNO6S. The van der Waals surface area contributed by atoms with Gasteiger partial charge in [-0.2, -0.15) is 0 Å². The fourth-order valence-electron chi connectivity index (χ4n) is 4.10. The van der Waals surface area contributed by atoms with Crippen LogP contribution >= 0.6 is 27.7 Å². The SMILES string of the molecule is COc1cc(/C=C2\SC(=O)N(CCOc3cc(C)ccc3C(C)C)C2=O)cc(Br)c1OC(=O)c1ccc(C)cc1. The zero-order chi connectivity index (χ0) is 29.0. The summed E-state index contributed by atoms with van der Waals surface area (Å²) in [7, 11) is 1.46. The van der Waals surface area contributed by atoms with E-state index in [9.17, 15) is 14.4 Å². The Bertz CT molecular complexity index is 1480. The van der Waals surface area contributed by atoms with E-state index in [0.717, 1.165) is 34.2 Å². The molecule has 3 aromatic rings. The van der Waals surface area contributed by atoms with Crippen LogP contribution in [0.15, 0.2) is 64.0 Å². The molecule has 1 aliphatic rings. The monoisotopic (exact) mass is 623 g/mol. The van der Waals surface area contributed by atoms with Crippen molar-refractivity contribution in [1.29, 1.82) is 0 Å². The molecule has 1 saturated heterocycles. The first-order valence-electron chi connectivity index (χ1n) is 12.7. The smallest absolute Gasteiger partial charge is 0.343 e. The maximum atomic E-state index is 13.1. The molecular weight excluding hydrogens is 594 g/mol. The molecule has 0 saturated carbocycles. The lowest BCUT2D eigenvalue weighted by Gasteiger charge is -2.17. The Hall–Kier alpha value is -3.56. The van der Waals surface area contributed by atoms with E-state index in [0.29, 0.717) is 21.3 Å². The van der Waals surface area contributed by atoms with Gasteiger partial charge in [-0.1, -0.05) is 43.7 Å². The number of esters is 1. The van der Waals surface area contributed by atoms with Crippen LogP contribution in [0.2, 0.25) is 0 Å². The summed E-state index contributed by atoms with van der Waals surface area (Å²) in [5.74, 6) is 0.639. The van der Waals surface area contributed by atoms with E-state index in [-0.39, 0.29) is 35.0 Å². The number of nitrogens with zero attached hydrogens (tertiary/aromatic N) is 1. The molecule has 0 unspecified atom stereocenters. The van der Waals surface area contributed by atoms with E-state index in [1.165, 1.54) is 12.0 Å². The van der Waals surface area contributed by atoms with Gasteiger partial charge in [-0.15, -0.1) is 0 Å². The zero-order valence-electron chi connectivity index (χ0n) is 22.9. The molecule has 0 spiro atoms. The summed E-state index contributed by atoms with van der Waals surface area (Å²) >= 11 is 4.31. The molecule has 3 aromatic carbocycles. The van der Waals surface area contributed by atoms with Crippen LogP contribution < -0.4 is 14.2 Å². The van der Waals surface area contributed by atoms with Gasteiger partial charge in [0.25, 0.3) is 11.1 Å². The Labute approximate surface area is 246 Å². The molecule has 40 heavy (non-hydrogen) atoms.